The summed E-state index contributed by atoms with van der Waals surface area (Å²) in [6, 6.07) is 0. The molecule has 0 aliphatic carbocycles. The summed E-state index contributed by atoms with van der Waals surface area (Å²) in [4.78, 5) is 24.9. The minimum Gasteiger partial charge on any atom is -0.442 e. The molecule has 25 heavy (non-hydrogen) atoms. The first-order chi connectivity index (χ1) is 11.7. The van der Waals surface area contributed by atoms with E-state index in [4.69, 9.17) is 9.94 Å². The lowest BCUT2D eigenvalue weighted by molar-refractivity contribution is -0.130. The van der Waals surface area contributed by atoms with Crippen LogP contribution in [0.15, 0.2) is 0 Å². The zero-order valence-electron chi connectivity index (χ0n) is 16.6. The van der Waals surface area contributed by atoms with E-state index in [9.17, 15) is 9.59 Å². The van der Waals surface area contributed by atoms with Crippen molar-refractivity contribution in [1.82, 2.24) is 15.9 Å². The molecule has 0 aliphatic rings. The standard InChI is InChI=1S/C18H37N3O4/c1-6-8-10-12-15(14-19-24)16(22)20-21(13-11-9-7-2)17(23)25-18(3,4)5/h15,19,24H,6-14H2,1-5H3,(H,20,22). The van der Waals surface area contributed by atoms with Gasteiger partial charge in [0.25, 0.3) is 0 Å². The Balaban J connectivity index is 4.85. The molecule has 7 heteroatoms. The van der Waals surface area contributed by atoms with Gasteiger partial charge >= 0.3 is 6.09 Å². The molecule has 0 saturated heterocycles. The minimum absolute atomic E-state index is 0.159. The largest absolute Gasteiger partial charge is 0.442 e. The summed E-state index contributed by atoms with van der Waals surface area (Å²) in [5.74, 6) is -0.673. The highest BCUT2D eigenvalue weighted by molar-refractivity contribution is 5.81. The summed E-state index contributed by atoms with van der Waals surface area (Å²) >= 11 is 0. The van der Waals surface area contributed by atoms with E-state index in [0.29, 0.717) is 13.0 Å². The third kappa shape index (κ3) is 11.8. The van der Waals surface area contributed by atoms with Crippen molar-refractivity contribution in [2.24, 2.45) is 5.92 Å². The molecule has 0 aromatic heterocycles. The predicted molar refractivity (Wildman–Crippen MR) is 98.0 cm³/mol. The molecule has 0 heterocycles. The molecule has 0 radical (unpaired) electrons. The van der Waals surface area contributed by atoms with Crippen LogP contribution in [0.1, 0.15) is 79.6 Å². The van der Waals surface area contributed by atoms with Crippen LogP contribution < -0.4 is 10.9 Å². The monoisotopic (exact) mass is 359 g/mol. The fraction of sp³-hybridized carbons (Fsp3) is 0.889. The molecule has 1 atom stereocenters. The normalized spacial score (nSPS) is 12.6. The number of rotatable bonds is 11. The zero-order chi connectivity index (χ0) is 19.3. The van der Waals surface area contributed by atoms with E-state index in [2.05, 4.69) is 24.8 Å². The van der Waals surface area contributed by atoms with Crippen molar-refractivity contribution in [3.63, 3.8) is 0 Å². The number of amides is 2. The molecule has 148 valence electrons. The topological polar surface area (TPSA) is 90.9 Å². The van der Waals surface area contributed by atoms with Gasteiger partial charge in [-0.1, -0.05) is 46.0 Å². The van der Waals surface area contributed by atoms with Crippen LogP contribution in [0.4, 0.5) is 4.79 Å². The summed E-state index contributed by atoms with van der Waals surface area (Å²) in [6.45, 7) is 10.1. The van der Waals surface area contributed by atoms with Gasteiger partial charge in [0.1, 0.15) is 5.60 Å². The molecule has 1 unspecified atom stereocenters. The molecule has 0 aromatic rings. The van der Waals surface area contributed by atoms with Gasteiger partial charge in [-0.3, -0.25) is 10.2 Å². The Kier molecular flexibility index (Phi) is 12.2. The first-order valence-corrected chi connectivity index (χ1v) is 9.43. The van der Waals surface area contributed by atoms with Crippen molar-refractivity contribution in [3.05, 3.63) is 0 Å². The van der Waals surface area contributed by atoms with Crippen molar-refractivity contribution in [3.8, 4) is 0 Å². The summed E-state index contributed by atoms with van der Waals surface area (Å²) in [5, 5.41) is 10.2. The van der Waals surface area contributed by atoms with Crippen LogP contribution in [0.3, 0.4) is 0 Å². The van der Waals surface area contributed by atoms with E-state index in [1.54, 1.807) is 20.8 Å². The average molecular weight is 360 g/mol. The molecule has 0 aromatic carbocycles. The molecule has 0 fully saturated rings. The summed E-state index contributed by atoms with van der Waals surface area (Å²) in [7, 11) is 0. The number of hydrogen-bond donors (Lipinski definition) is 3. The van der Waals surface area contributed by atoms with Crippen LogP contribution >= 0.6 is 0 Å². The number of carbonyl (C=O) groups is 2. The van der Waals surface area contributed by atoms with E-state index >= 15 is 0 Å². The van der Waals surface area contributed by atoms with Crippen LogP contribution in [-0.2, 0) is 9.53 Å². The second kappa shape index (κ2) is 12.9. The molecule has 7 nitrogen and oxygen atoms in total. The number of carbonyl (C=O) groups excluding carboxylic acids is 2. The van der Waals surface area contributed by atoms with Crippen LogP contribution in [-0.4, -0.2) is 40.9 Å². The maximum atomic E-state index is 12.5. The molecule has 2 amide bonds. The maximum absolute atomic E-state index is 12.5. The van der Waals surface area contributed by atoms with Crippen LogP contribution in [0.2, 0.25) is 0 Å². The second-order valence-electron chi connectivity index (χ2n) is 7.37. The molecule has 0 rings (SSSR count). The molecule has 0 aliphatic heterocycles. The molecular formula is C18H37N3O4. The predicted octanol–water partition coefficient (Wildman–Crippen LogP) is 3.62. The summed E-state index contributed by atoms with van der Waals surface area (Å²) < 4.78 is 5.38. The smallest absolute Gasteiger partial charge is 0.429 e. The quantitative estimate of drug-likeness (QED) is 0.387. The van der Waals surface area contributed by atoms with E-state index in [1.165, 1.54) is 5.01 Å². The summed E-state index contributed by atoms with van der Waals surface area (Å²) in [6.07, 6.45) is 5.86. The lowest BCUT2D eigenvalue weighted by atomic mass is 10.0. The minimum atomic E-state index is -0.627. The Morgan fingerprint density at radius 1 is 1.08 bits per heavy atom. The van der Waals surface area contributed by atoms with Crippen LogP contribution in [0, 0.1) is 5.92 Å². The number of nitrogens with zero attached hydrogens (tertiary/aromatic N) is 1. The van der Waals surface area contributed by atoms with Gasteiger partial charge in [0.15, 0.2) is 0 Å². The van der Waals surface area contributed by atoms with Gasteiger partial charge in [0.05, 0.1) is 5.92 Å². The number of hydrazine groups is 1. The Hall–Kier alpha value is -1.34. The van der Waals surface area contributed by atoms with Crippen molar-refractivity contribution >= 4 is 12.0 Å². The summed E-state index contributed by atoms with van der Waals surface area (Å²) in [5.41, 5.74) is 4.12. The highest BCUT2D eigenvalue weighted by atomic mass is 16.6. The number of nitrogens with one attached hydrogen (secondary N) is 2. The van der Waals surface area contributed by atoms with Crippen LogP contribution in [0.25, 0.3) is 0 Å². The van der Waals surface area contributed by atoms with Gasteiger partial charge < -0.3 is 9.94 Å². The van der Waals surface area contributed by atoms with Crippen molar-refractivity contribution in [2.75, 3.05) is 13.1 Å². The Morgan fingerprint density at radius 3 is 2.20 bits per heavy atom. The second-order valence-corrected chi connectivity index (χ2v) is 7.37. The lowest BCUT2D eigenvalue weighted by Crippen LogP contribution is -2.51. The number of unbranched alkanes of at least 4 members (excludes halogenated alkanes) is 4. The van der Waals surface area contributed by atoms with Gasteiger partial charge in [0, 0.05) is 13.1 Å². The van der Waals surface area contributed by atoms with Crippen LogP contribution in [0.5, 0.6) is 0 Å². The molecule has 3 N–H and O–H groups in total. The lowest BCUT2D eigenvalue weighted by Gasteiger charge is -2.29. The molecule has 0 spiro atoms. The van der Waals surface area contributed by atoms with Gasteiger partial charge in [-0.05, 0) is 33.6 Å². The van der Waals surface area contributed by atoms with Crippen molar-refractivity contribution < 1.29 is 19.5 Å². The van der Waals surface area contributed by atoms with Gasteiger partial charge in [-0.25, -0.2) is 15.3 Å². The van der Waals surface area contributed by atoms with Crippen molar-refractivity contribution in [2.45, 2.75) is 85.2 Å². The number of hydroxylamine groups is 1. The third-order valence-corrected chi connectivity index (χ3v) is 3.71. The first kappa shape index (κ1) is 23.7. The Bertz CT molecular complexity index is 383. The van der Waals surface area contributed by atoms with Gasteiger partial charge in [0.2, 0.25) is 5.91 Å². The fourth-order valence-electron chi connectivity index (χ4n) is 2.33. The SMILES string of the molecule is CCCCCC(CNO)C(=O)NN(CCCCC)C(=O)OC(C)(C)C. The first-order valence-electron chi connectivity index (χ1n) is 9.43. The molecule has 0 bridgehead atoms. The van der Waals surface area contributed by atoms with E-state index < -0.39 is 17.6 Å². The fourth-order valence-corrected chi connectivity index (χ4v) is 2.33. The van der Waals surface area contributed by atoms with E-state index in [0.717, 1.165) is 38.5 Å². The molecular weight excluding hydrogens is 322 g/mol. The Labute approximate surface area is 152 Å². The third-order valence-electron chi connectivity index (χ3n) is 3.71. The van der Waals surface area contributed by atoms with E-state index in [-0.39, 0.29) is 12.5 Å². The zero-order valence-corrected chi connectivity index (χ0v) is 16.6. The number of hydrogen-bond acceptors (Lipinski definition) is 5. The van der Waals surface area contributed by atoms with Crippen molar-refractivity contribution in [1.29, 1.82) is 0 Å². The molecule has 0 saturated carbocycles. The Morgan fingerprint density at radius 2 is 1.68 bits per heavy atom. The number of ether oxygens (including phenoxy) is 1. The van der Waals surface area contributed by atoms with Gasteiger partial charge in [-0.15, -0.1) is 0 Å². The van der Waals surface area contributed by atoms with E-state index in [1.807, 2.05) is 0 Å². The highest BCUT2D eigenvalue weighted by Gasteiger charge is 2.26. The average Bonchev–Trinajstić information content (AvgIpc) is 2.51. The maximum Gasteiger partial charge on any atom is 0.429 e. The highest BCUT2D eigenvalue weighted by Crippen LogP contribution is 2.12. The van der Waals surface area contributed by atoms with Gasteiger partial charge in [-0.2, -0.15) is 0 Å².